The Morgan fingerprint density at radius 3 is 2.64 bits per heavy atom. The molecule has 39 heavy (non-hydrogen) atoms. The number of carbonyl (C=O) groups excluding carboxylic acids is 1. The van der Waals surface area contributed by atoms with E-state index < -0.39 is 4.92 Å². The molecule has 0 unspecified atom stereocenters. The van der Waals surface area contributed by atoms with Crippen LogP contribution in [0.15, 0.2) is 76.1 Å². The van der Waals surface area contributed by atoms with Gasteiger partial charge >= 0.3 is 0 Å². The van der Waals surface area contributed by atoms with E-state index in [1.807, 2.05) is 29.6 Å². The average Bonchev–Trinajstić information content (AvgIpc) is 3.30. The summed E-state index contributed by atoms with van der Waals surface area (Å²) in [5.74, 6) is 0.765. The second-order valence-corrected chi connectivity index (χ2v) is 10.5. The molecule has 0 spiro atoms. The molecule has 0 fully saturated rings. The van der Waals surface area contributed by atoms with Gasteiger partial charge in [-0.05, 0) is 54.8 Å². The fraction of sp³-hybridized carbons (Fsp3) is 0.179. The Hall–Kier alpha value is -4.28. The lowest BCUT2D eigenvalue weighted by molar-refractivity contribution is -0.384. The van der Waals surface area contributed by atoms with Gasteiger partial charge in [0.25, 0.3) is 11.6 Å². The molecule has 4 aromatic rings. The van der Waals surface area contributed by atoms with Gasteiger partial charge in [0.05, 0.1) is 27.7 Å². The molecule has 0 aliphatic carbocycles. The molecule has 0 saturated carbocycles. The number of nitrogens with one attached hydrogen (secondary N) is 1. The van der Waals surface area contributed by atoms with Crippen LogP contribution in [-0.4, -0.2) is 27.8 Å². The van der Waals surface area contributed by atoms with Gasteiger partial charge in [-0.1, -0.05) is 43.6 Å². The third kappa shape index (κ3) is 5.62. The number of nitro benzene ring substituents is 1. The zero-order valence-corrected chi connectivity index (χ0v) is 22.9. The standard InChI is InChI=1S/C28H24ClN5O4S/c1-16(2)18-4-8-21(9-5-18)30-28-33(32-17(3)19-6-10-22(29)24(13-19)34(36)37)25(15-39-28)20-7-11-26-23(12-20)31-27(35)14-38-26/h4-13,15-16H,14H2,1-3H3,(H,31,35). The minimum Gasteiger partial charge on any atom is -0.482 e. The van der Waals surface area contributed by atoms with Gasteiger partial charge in [-0.25, -0.2) is 9.67 Å². The Kier molecular flexibility index (Phi) is 7.32. The summed E-state index contributed by atoms with van der Waals surface area (Å²) < 4.78 is 7.20. The number of thiazole rings is 1. The van der Waals surface area contributed by atoms with Crippen molar-refractivity contribution in [1.29, 1.82) is 0 Å². The Bertz CT molecular complexity index is 1690. The van der Waals surface area contributed by atoms with E-state index in [0.29, 0.717) is 33.4 Å². The maximum atomic E-state index is 11.9. The second-order valence-electron chi connectivity index (χ2n) is 9.23. The predicted molar refractivity (Wildman–Crippen MR) is 153 cm³/mol. The molecule has 9 nitrogen and oxygen atoms in total. The van der Waals surface area contributed by atoms with E-state index in [1.165, 1.54) is 29.0 Å². The first-order valence-electron chi connectivity index (χ1n) is 12.1. The Morgan fingerprint density at radius 1 is 1.15 bits per heavy atom. The molecule has 1 amide bonds. The zero-order valence-electron chi connectivity index (χ0n) is 21.3. The van der Waals surface area contributed by atoms with Gasteiger partial charge < -0.3 is 10.1 Å². The molecule has 1 aliphatic heterocycles. The number of benzene rings is 3. The lowest BCUT2D eigenvalue weighted by atomic mass is 10.0. The van der Waals surface area contributed by atoms with Gasteiger partial charge in [-0.2, -0.15) is 5.10 Å². The van der Waals surface area contributed by atoms with E-state index in [4.69, 9.17) is 26.4 Å². The molecular weight excluding hydrogens is 538 g/mol. The van der Waals surface area contributed by atoms with Crippen LogP contribution in [0.2, 0.25) is 5.02 Å². The van der Waals surface area contributed by atoms with Gasteiger partial charge in [0.1, 0.15) is 10.8 Å². The summed E-state index contributed by atoms with van der Waals surface area (Å²) in [5.41, 5.74) is 4.94. The van der Waals surface area contributed by atoms with E-state index in [2.05, 4.69) is 31.3 Å². The van der Waals surface area contributed by atoms with E-state index in [1.54, 1.807) is 23.7 Å². The highest BCUT2D eigenvalue weighted by Crippen LogP contribution is 2.33. The van der Waals surface area contributed by atoms with Crippen LogP contribution >= 0.6 is 22.9 Å². The van der Waals surface area contributed by atoms with Crippen molar-refractivity contribution in [3.63, 3.8) is 0 Å². The largest absolute Gasteiger partial charge is 0.482 e. The van der Waals surface area contributed by atoms with Crippen molar-refractivity contribution < 1.29 is 14.5 Å². The molecule has 0 atom stereocenters. The molecule has 5 rings (SSSR count). The fourth-order valence-corrected chi connectivity index (χ4v) is 5.08. The highest BCUT2D eigenvalue weighted by Gasteiger charge is 2.19. The minimum atomic E-state index is -0.520. The molecule has 1 aromatic heterocycles. The minimum absolute atomic E-state index is 0.0276. The average molecular weight is 562 g/mol. The summed E-state index contributed by atoms with van der Waals surface area (Å²) in [6, 6.07) is 18.1. The van der Waals surface area contributed by atoms with Crippen molar-refractivity contribution in [1.82, 2.24) is 4.68 Å². The van der Waals surface area contributed by atoms with Crippen LogP contribution < -0.4 is 14.9 Å². The van der Waals surface area contributed by atoms with Crippen molar-refractivity contribution in [2.24, 2.45) is 10.1 Å². The zero-order chi connectivity index (χ0) is 27.7. The summed E-state index contributed by atoms with van der Waals surface area (Å²) in [4.78, 5) is 28.2. The summed E-state index contributed by atoms with van der Waals surface area (Å²) in [6.45, 7) is 6.01. The number of carbonyl (C=O) groups is 1. The number of fused-ring (bicyclic) bond motifs is 1. The topological polar surface area (TPSA) is 111 Å². The number of amides is 1. The summed E-state index contributed by atoms with van der Waals surface area (Å²) in [6.07, 6.45) is 0. The van der Waals surface area contributed by atoms with Gasteiger partial charge in [0.15, 0.2) is 6.61 Å². The maximum Gasteiger partial charge on any atom is 0.288 e. The number of nitro groups is 1. The second kappa shape index (κ2) is 10.8. The first kappa shape index (κ1) is 26.3. The summed E-state index contributed by atoms with van der Waals surface area (Å²) in [5, 5.41) is 21.1. The van der Waals surface area contributed by atoms with Crippen molar-refractivity contribution in [2.45, 2.75) is 26.7 Å². The lowest BCUT2D eigenvalue weighted by Gasteiger charge is -2.18. The van der Waals surface area contributed by atoms with Crippen LogP contribution in [0, 0.1) is 10.1 Å². The van der Waals surface area contributed by atoms with Crippen molar-refractivity contribution in [3.05, 3.63) is 97.1 Å². The summed E-state index contributed by atoms with van der Waals surface area (Å²) in [7, 11) is 0. The maximum absolute atomic E-state index is 11.9. The third-order valence-corrected chi connectivity index (χ3v) is 7.32. The van der Waals surface area contributed by atoms with Crippen LogP contribution in [-0.2, 0) is 4.79 Å². The smallest absolute Gasteiger partial charge is 0.288 e. The molecule has 1 aliphatic rings. The quantitative estimate of drug-likeness (QED) is 0.160. The predicted octanol–water partition coefficient (Wildman–Crippen LogP) is 6.74. The number of aromatic nitrogens is 1. The van der Waals surface area contributed by atoms with Gasteiger partial charge in [0, 0.05) is 22.6 Å². The Labute approximate surface area is 233 Å². The molecule has 0 radical (unpaired) electrons. The molecule has 198 valence electrons. The van der Waals surface area contributed by atoms with Crippen LogP contribution in [0.3, 0.4) is 0 Å². The molecule has 0 bridgehead atoms. The van der Waals surface area contributed by atoms with Crippen LogP contribution in [0.5, 0.6) is 5.75 Å². The monoisotopic (exact) mass is 561 g/mol. The van der Waals surface area contributed by atoms with Gasteiger partial charge in [-0.15, -0.1) is 11.3 Å². The van der Waals surface area contributed by atoms with Crippen molar-refractivity contribution >= 4 is 51.6 Å². The number of anilines is 1. The Morgan fingerprint density at radius 2 is 1.92 bits per heavy atom. The number of hydrogen-bond acceptors (Lipinski definition) is 7. The molecule has 3 aromatic carbocycles. The normalized spacial score (nSPS) is 13.7. The Balaban J connectivity index is 1.65. The lowest BCUT2D eigenvalue weighted by Crippen LogP contribution is -2.25. The van der Waals surface area contributed by atoms with Crippen molar-refractivity contribution in [2.75, 3.05) is 11.9 Å². The van der Waals surface area contributed by atoms with Crippen molar-refractivity contribution in [3.8, 4) is 17.0 Å². The number of ether oxygens (including phenoxy) is 1. The van der Waals surface area contributed by atoms with Crippen LogP contribution in [0.25, 0.3) is 11.3 Å². The molecule has 0 saturated heterocycles. The van der Waals surface area contributed by atoms with E-state index in [9.17, 15) is 14.9 Å². The molecule has 2 heterocycles. The molecular formula is C28H24ClN5O4S. The van der Waals surface area contributed by atoms with Crippen LogP contribution in [0.4, 0.5) is 17.1 Å². The summed E-state index contributed by atoms with van der Waals surface area (Å²) >= 11 is 7.42. The van der Waals surface area contributed by atoms with Gasteiger partial charge in [0.2, 0.25) is 4.80 Å². The SMILES string of the molecule is CC(=Nn1c(-c2ccc3c(c2)NC(=O)CO3)csc1=Nc1ccc(C(C)C)cc1)c1ccc(Cl)c([N+](=O)[O-])c1. The molecule has 11 heteroatoms. The molecule has 1 N–H and O–H groups in total. The number of hydrogen-bond donors (Lipinski definition) is 1. The first-order chi connectivity index (χ1) is 18.7. The van der Waals surface area contributed by atoms with Gasteiger partial charge in [-0.3, -0.25) is 14.9 Å². The van der Waals surface area contributed by atoms with E-state index in [0.717, 1.165) is 16.9 Å². The highest BCUT2D eigenvalue weighted by molar-refractivity contribution is 7.07. The number of nitrogens with zero attached hydrogens (tertiary/aromatic N) is 4. The third-order valence-electron chi connectivity index (χ3n) is 6.19. The van der Waals surface area contributed by atoms with E-state index in [-0.39, 0.29) is 23.2 Å². The van der Waals surface area contributed by atoms with E-state index >= 15 is 0 Å². The first-order valence-corrected chi connectivity index (χ1v) is 13.4. The fourth-order valence-electron chi connectivity index (χ4n) is 4.04. The highest BCUT2D eigenvalue weighted by atomic mass is 35.5. The number of halogens is 1. The number of rotatable bonds is 6. The van der Waals surface area contributed by atoms with Crippen LogP contribution in [0.1, 0.15) is 37.8 Å².